The van der Waals surface area contributed by atoms with E-state index in [9.17, 15) is 0 Å². The third-order valence-electron chi connectivity index (χ3n) is 2.06. The van der Waals surface area contributed by atoms with Crippen molar-refractivity contribution in [2.45, 2.75) is 12.8 Å². The van der Waals surface area contributed by atoms with Crippen LogP contribution in [0, 0.1) is 6.92 Å². The summed E-state index contributed by atoms with van der Waals surface area (Å²) in [6, 6.07) is 8.11. The Morgan fingerprint density at radius 1 is 1.33 bits per heavy atom. The summed E-state index contributed by atoms with van der Waals surface area (Å²) in [7, 11) is 0. The lowest BCUT2D eigenvalue weighted by atomic mass is 10.0. The number of fused-ring (bicyclic) bond motifs is 1. The van der Waals surface area contributed by atoms with Crippen LogP contribution in [0.3, 0.4) is 0 Å². The van der Waals surface area contributed by atoms with Gasteiger partial charge in [0, 0.05) is 6.42 Å². The highest BCUT2D eigenvalue weighted by atomic mass is 16.5. The maximum Gasteiger partial charge on any atom is 0.130 e. The molecule has 1 aromatic carbocycles. The number of hydrogen-bond acceptors (Lipinski definition) is 1. The summed E-state index contributed by atoms with van der Waals surface area (Å²) < 4.78 is 5.42. The summed E-state index contributed by atoms with van der Waals surface area (Å²) >= 11 is 0. The summed E-state index contributed by atoms with van der Waals surface area (Å²) in [6.45, 7) is 3.83. The van der Waals surface area contributed by atoms with Crippen LogP contribution in [0.1, 0.15) is 12.0 Å². The van der Waals surface area contributed by atoms with E-state index >= 15 is 0 Å². The molecule has 0 fully saturated rings. The van der Waals surface area contributed by atoms with Crippen molar-refractivity contribution in [2.24, 2.45) is 0 Å². The highest BCUT2D eigenvalue weighted by Gasteiger charge is 2.09. The molecule has 0 aliphatic carbocycles. The molecule has 1 heteroatoms. The van der Waals surface area contributed by atoms with Crippen molar-refractivity contribution in [1.29, 1.82) is 0 Å². The van der Waals surface area contributed by atoms with E-state index in [0.29, 0.717) is 0 Å². The molecular weight excluding hydrogens is 148 g/mol. The Hall–Kier alpha value is -1.24. The minimum Gasteiger partial charge on any atom is -0.465 e. The largest absolute Gasteiger partial charge is 0.465 e. The predicted molar refractivity (Wildman–Crippen MR) is 48.8 cm³/mol. The lowest BCUT2D eigenvalue weighted by molar-refractivity contribution is 0.455. The molecule has 1 heterocycles. The molecule has 2 rings (SSSR count). The van der Waals surface area contributed by atoms with Gasteiger partial charge in [-0.2, -0.15) is 0 Å². The standard InChI is InChI=1S/C11H11O/c1-2-9-7-10-5-3-4-6-11(10)12-8-9/h3-6,8H,1-2,7H2. The van der Waals surface area contributed by atoms with Crippen LogP contribution in [0.4, 0.5) is 0 Å². The first-order chi connectivity index (χ1) is 5.90. The molecule has 0 saturated carbocycles. The van der Waals surface area contributed by atoms with Crippen molar-refractivity contribution in [3.63, 3.8) is 0 Å². The molecular formula is C11H11O. The lowest BCUT2D eigenvalue weighted by Crippen LogP contribution is -2.01. The molecule has 0 bridgehead atoms. The quantitative estimate of drug-likeness (QED) is 0.612. The van der Waals surface area contributed by atoms with E-state index in [1.807, 2.05) is 24.5 Å². The molecule has 0 saturated heterocycles. The smallest absolute Gasteiger partial charge is 0.130 e. The topological polar surface area (TPSA) is 9.23 Å². The Morgan fingerprint density at radius 3 is 3.00 bits per heavy atom. The zero-order valence-electron chi connectivity index (χ0n) is 6.92. The van der Waals surface area contributed by atoms with Crippen molar-refractivity contribution >= 4 is 0 Å². The Morgan fingerprint density at radius 2 is 2.17 bits per heavy atom. The van der Waals surface area contributed by atoms with Gasteiger partial charge in [-0.1, -0.05) is 18.2 Å². The summed E-state index contributed by atoms with van der Waals surface area (Å²) in [4.78, 5) is 0. The van der Waals surface area contributed by atoms with Crippen LogP contribution in [-0.4, -0.2) is 0 Å². The molecule has 0 atom stereocenters. The van der Waals surface area contributed by atoms with Gasteiger partial charge in [0.1, 0.15) is 5.75 Å². The Bertz CT molecular complexity index is 313. The van der Waals surface area contributed by atoms with Gasteiger partial charge in [-0.25, -0.2) is 0 Å². The average molecular weight is 159 g/mol. The first-order valence-electron chi connectivity index (χ1n) is 4.12. The van der Waals surface area contributed by atoms with E-state index in [0.717, 1.165) is 18.6 Å². The van der Waals surface area contributed by atoms with Gasteiger partial charge in [-0.05, 0) is 30.5 Å². The first-order valence-corrected chi connectivity index (χ1v) is 4.12. The van der Waals surface area contributed by atoms with Crippen LogP contribution in [0.25, 0.3) is 0 Å². The van der Waals surface area contributed by atoms with Gasteiger partial charge in [0.05, 0.1) is 6.26 Å². The van der Waals surface area contributed by atoms with Crippen molar-refractivity contribution < 1.29 is 4.74 Å². The summed E-state index contributed by atoms with van der Waals surface area (Å²) in [5.74, 6) is 0.981. The number of rotatable bonds is 1. The number of ether oxygens (including phenoxy) is 1. The second-order valence-electron chi connectivity index (χ2n) is 2.93. The van der Waals surface area contributed by atoms with E-state index in [2.05, 4.69) is 13.0 Å². The van der Waals surface area contributed by atoms with Gasteiger partial charge in [0.15, 0.2) is 0 Å². The van der Waals surface area contributed by atoms with E-state index in [4.69, 9.17) is 4.74 Å². The van der Waals surface area contributed by atoms with Crippen LogP contribution < -0.4 is 4.74 Å². The maximum absolute atomic E-state index is 5.42. The second kappa shape index (κ2) is 3.02. The Labute approximate surface area is 72.7 Å². The van der Waals surface area contributed by atoms with E-state index in [1.165, 1.54) is 11.1 Å². The molecule has 1 aromatic rings. The van der Waals surface area contributed by atoms with Crippen molar-refractivity contribution in [3.05, 3.63) is 48.6 Å². The third-order valence-corrected chi connectivity index (χ3v) is 2.06. The maximum atomic E-state index is 5.42. The van der Waals surface area contributed by atoms with E-state index < -0.39 is 0 Å². The first kappa shape index (κ1) is 7.41. The molecule has 1 aliphatic rings. The molecule has 0 aromatic heterocycles. The Balaban J connectivity index is 2.31. The second-order valence-corrected chi connectivity index (χ2v) is 2.93. The Kier molecular flexibility index (Phi) is 1.86. The predicted octanol–water partition coefficient (Wildman–Crippen LogP) is 2.73. The van der Waals surface area contributed by atoms with Crippen LogP contribution in [0.2, 0.25) is 0 Å². The van der Waals surface area contributed by atoms with E-state index in [1.54, 1.807) is 0 Å². The molecule has 0 spiro atoms. The molecule has 0 N–H and O–H groups in total. The molecule has 61 valence electrons. The minimum absolute atomic E-state index is 0.828. The molecule has 1 nitrogen and oxygen atoms in total. The molecule has 12 heavy (non-hydrogen) atoms. The molecule has 0 unspecified atom stereocenters. The normalized spacial score (nSPS) is 14.6. The van der Waals surface area contributed by atoms with Gasteiger partial charge in [0.25, 0.3) is 0 Å². The van der Waals surface area contributed by atoms with Crippen molar-refractivity contribution in [3.8, 4) is 5.75 Å². The van der Waals surface area contributed by atoms with Crippen LogP contribution in [0.15, 0.2) is 36.1 Å². The van der Waals surface area contributed by atoms with Crippen molar-refractivity contribution in [2.75, 3.05) is 0 Å². The zero-order chi connectivity index (χ0) is 8.39. The van der Waals surface area contributed by atoms with E-state index in [-0.39, 0.29) is 0 Å². The summed E-state index contributed by atoms with van der Waals surface area (Å²) in [5, 5.41) is 0. The molecule has 1 radical (unpaired) electrons. The lowest BCUT2D eigenvalue weighted by Gasteiger charge is -2.15. The number of para-hydroxylation sites is 1. The number of allylic oxidation sites excluding steroid dienone is 1. The van der Waals surface area contributed by atoms with Gasteiger partial charge < -0.3 is 4.74 Å². The van der Waals surface area contributed by atoms with Crippen molar-refractivity contribution in [1.82, 2.24) is 0 Å². The van der Waals surface area contributed by atoms with Crippen LogP contribution >= 0.6 is 0 Å². The van der Waals surface area contributed by atoms with Crippen LogP contribution in [0.5, 0.6) is 5.75 Å². The fourth-order valence-electron chi connectivity index (χ4n) is 1.35. The highest BCUT2D eigenvalue weighted by Crippen LogP contribution is 2.26. The van der Waals surface area contributed by atoms with Gasteiger partial charge >= 0.3 is 0 Å². The van der Waals surface area contributed by atoms with Gasteiger partial charge in [-0.15, -0.1) is 0 Å². The van der Waals surface area contributed by atoms with Gasteiger partial charge in [-0.3, -0.25) is 0 Å². The third kappa shape index (κ3) is 1.22. The average Bonchev–Trinajstić information content (AvgIpc) is 2.17. The number of hydrogen-bond donors (Lipinski definition) is 0. The minimum atomic E-state index is 0.828. The zero-order valence-corrected chi connectivity index (χ0v) is 6.92. The molecule has 1 aliphatic heterocycles. The summed E-state index contributed by atoms with van der Waals surface area (Å²) in [5.41, 5.74) is 2.52. The number of benzene rings is 1. The highest BCUT2D eigenvalue weighted by molar-refractivity contribution is 5.39. The fraction of sp³-hybridized carbons (Fsp3) is 0.182. The summed E-state index contributed by atoms with van der Waals surface area (Å²) in [6.07, 6.45) is 3.63. The van der Waals surface area contributed by atoms with Crippen LogP contribution in [-0.2, 0) is 6.42 Å². The fourth-order valence-corrected chi connectivity index (χ4v) is 1.35. The monoisotopic (exact) mass is 159 g/mol. The van der Waals surface area contributed by atoms with Gasteiger partial charge in [0.2, 0.25) is 0 Å². The molecule has 0 amide bonds. The SMILES string of the molecule is [CH2]CC1=COc2ccccc2C1.